The van der Waals surface area contributed by atoms with Crippen LogP contribution in [0, 0.1) is 0 Å². The van der Waals surface area contributed by atoms with E-state index >= 15 is 0 Å². The van der Waals surface area contributed by atoms with Crippen LogP contribution in [0.15, 0.2) is 47.6 Å². The van der Waals surface area contributed by atoms with Gasteiger partial charge in [-0.15, -0.1) is 0 Å². The summed E-state index contributed by atoms with van der Waals surface area (Å²) in [5, 5.41) is 14.7. The molecule has 3 aromatic rings. The molecule has 3 rings (SSSR count). The van der Waals surface area contributed by atoms with Gasteiger partial charge >= 0.3 is 0 Å². The highest BCUT2D eigenvalue weighted by Crippen LogP contribution is 2.32. The Bertz CT molecular complexity index is 1190. The quantitative estimate of drug-likeness (QED) is 0.574. The van der Waals surface area contributed by atoms with Crippen LogP contribution in [0.1, 0.15) is 24.2 Å². The second-order valence-corrected chi connectivity index (χ2v) is 8.26. The number of carbonyl (C=O) groups is 1. The summed E-state index contributed by atoms with van der Waals surface area (Å²) in [6, 6.07) is 8.88. The van der Waals surface area contributed by atoms with Crippen molar-refractivity contribution in [2.75, 3.05) is 25.5 Å². The molecule has 10 heteroatoms. The molecule has 0 saturated heterocycles. The van der Waals surface area contributed by atoms with Crippen LogP contribution in [0.25, 0.3) is 10.9 Å². The van der Waals surface area contributed by atoms with Gasteiger partial charge in [-0.3, -0.25) is 0 Å². The van der Waals surface area contributed by atoms with Crippen molar-refractivity contribution in [1.29, 1.82) is 0 Å². The Kier molecular flexibility index (Phi) is 6.18. The van der Waals surface area contributed by atoms with E-state index in [0.717, 1.165) is 0 Å². The molecule has 0 aliphatic heterocycles. The molecule has 0 aliphatic carbocycles. The number of anilines is 2. The molecule has 0 fully saturated rings. The van der Waals surface area contributed by atoms with Gasteiger partial charge in [0.1, 0.15) is 17.9 Å². The molecule has 1 N–H and O–H groups in total. The lowest BCUT2D eigenvalue weighted by Crippen LogP contribution is -2.30. The monoisotopic (exact) mass is 429 g/mol. The first kappa shape index (κ1) is 21.5. The fourth-order valence-corrected chi connectivity index (χ4v) is 4.55. The van der Waals surface area contributed by atoms with Gasteiger partial charge in [0.05, 0.1) is 29.2 Å². The lowest BCUT2D eigenvalue weighted by atomic mass is 10.1. The number of rotatable bonds is 8. The van der Waals surface area contributed by atoms with Crippen LogP contribution in [0.3, 0.4) is 0 Å². The minimum atomic E-state index is -3.67. The van der Waals surface area contributed by atoms with Crippen LogP contribution in [0.5, 0.6) is 5.75 Å². The van der Waals surface area contributed by atoms with Crippen molar-refractivity contribution in [3.05, 3.63) is 48.3 Å². The van der Waals surface area contributed by atoms with Gasteiger partial charge in [-0.2, -0.15) is 4.31 Å². The molecular weight excluding hydrogens is 408 g/mol. The molecule has 1 heterocycles. The lowest BCUT2D eigenvalue weighted by Gasteiger charge is -2.20. The Balaban J connectivity index is 2.07. The minimum Gasteiger partial charge on any atom is -0.545 e. The molecule has 0 amide bonds. The topological polar surface area (TPSA) is 125 Å². The molecule has 0 spiro atoms. The smallest absolute Gasteiger partial charge is 0.243 e. The Hall–Kier alpha value is -3.24. The molecule has 30 heavy (non-hydrogen) atoms. The Morgan fingerprint density at radius 1 is 1.13 bits per heavy atom. The van der Waals surface area contributed by atoms with E-state index in [1.54, 1.807) is 26.0 Å². The maximum atomic E-state index is 12.9. The first-order chi connectivity index (χ1) is 14.3. The van der Waals surface area contributed by atoms with Gasteiger partial charge in [-0.05, 0) is 35.9 Å². The molecule has 0 atom stereocenters. The zero-order chi connectivity index (χ0) is 21.9. The molecule has 158 valence electrons. The number of hydrogen-bond donors (Lipinski definition) is 1. The van der Waals surface area contributed by atoms with Crippen molar-refractivity contribution in [2.24, 2.45) is 0 Å². The fourth-order valence-electron chi connectivity index (χ4n) is 3.07. The number of nitrogens with zero attached hydrogens (tertiary/aromatic N) is 3. The second kappa shape index (κ2) is 8.64. The van der Waals surface area contributed by atoms with Crippen LogP contribution in [0.4, 0.5) is 11.5 Å². The molecule has 0 unspecified atom stereocenters. The maximum Gasteiger partial charge on any atom is 0.243 e. The van der Waals surface area contributed by atoms with E-state index in [0.29, 0.717) is 41.2 Å². The van der Waals surface area contributed by atoms with Gasteiger partial charge in [0.15, 0.2) is 0 Å². The van der Waals surface area contributed by atoms with Crippen molar-refractivity contribution in [1.82, 2.24) is 14.3 Å². The first-order valence-electron chi connectivity index (χ1n) is 9.23. The van der Waals surface area contributed by atoms with Gasteiger partial charge in [-0.1, -0.05) is 19.9 Å². The van der Waals surface area contributed by atoms with Crippen molar-refractivity contribution < 1.29 is 23.1 Å². The van der Waals surface area contributed by atoms with Crippen LogP contribution < -0.4 is 15.2 Å². The number of sulfonamides is 1. The number of methoxy groups -OCH3 is 1. The molecule has 9 nitrogen and oxygen atoms in total. The summed E-state index contributed by atoms with van der Waals surface area (Å²) in [7, 11) is -2.19. The van der Waals surface area contributed by atoms with Gasteiger partial charge in [-0.25, -0.2) is 18.4 Å². The highest BCUT2D eigenvalue weighted by molar-refractivity contribution is 7.89. The summed E-state index contributed by atoms with van der Waals surface area (Å²) in [5.74, 6) is -0.506. The standard InChI is InChI=1S/C20H22N4O5S/c1-4-24(5-2)30(27,28)14-7-9-18(29-3)17(11-14)23-19-15-8-6-13(20(25)26)10-16(15)21-12-22-19/h6-12H,4-5H2,1-3H3,(H,25,26)(H,21,22,23)/p-1. The third-order valence-corrected chi connectivity index (χ3v) is 6.69. The molecule has 0 aliphatic rings. The Labute approximate surface area is 174 Å². The third kappa shape index (κ3) is 4.05. The summed E-state index contributed by atoms with van der Waals surface area (Å²) >= 11 is 0. The molecular formula is C20H21N4O5S-. The second-order valence-electron chi connectivity index (χ2n) is 6.32. The molecule has 2 aromatic carbocycles. The number of benzene rings is 2. The third-order valence-electron chi connectivity index (χ3n) is 4.64. The van der Waals surface area contributed by atoms with E-state index in [2.05, 4.69) is 15.3 Å². The maximum absolute atomic E-state index is 12.9. The van der Waals surface area contributed by atoms with Crippen LogP contribution in [-0.4, -0.2) is 48.9 Å². The number of carboxylic acids is 1. The van der Waals surface area contributed by atoms with Crippen molar-refractivity contribution in [3.8, 4) is 5.75 Å². The zero-order valence-electron chi connectivity index (χ0n) is 16.7. The van der Waals surface area contributed by atoms with E-state index in [-0.39, 0.29) is 10.5 Å². The number of aromatic carboxylic acids is 1. The van der Waals surface area contributed by atoms with Crippen molar-refractivity contribution in [3.63, 3.8) is 0 Å². The van der Waals surface area contributed by atoms with Crippen LogP contribution in [0.2, 0.25) is 0 Å². The first-order valence-corrected chi connectivity index (χ1v) is 10.7. The fraction of sp³-hybridized carbons (Fsp3) is 0.250. The number of fused-ring (bicyclic) bond motifs is 1. The average molecular weight is 429 g/mol. The average Bonchev–Trinajstić information content (AvgIpc) is 2.74. The van der Waals surface area contributed by atoms with Crippen molar-refractivity contribution in [2.45, 2.75) is 18.7 Å². The number of carboxylic acid groups (broad SMARTS) is 1. The molecule has 1 aromatic heterocycles. The van der Waals surface area contributed by atoms with E-state index in [1.807, 2.05) is 0 Å². The largest absolute Gasteiger partial charge is 0.545 e. The minimum absolute atomic E-state index is 0.00274. The number of ether oxygens (including phenoxy) is 1. The van der Waals surface area contributed by atoms with E-state index in [9.17, 15) is 18.3 Å². The summed E-state index contributed by atoms with van der Waals surface area (Å²) in [5.41, 5.74) is 0.798. The Morgan fingerprint density at radius 3 is 2.50 bits per heavy atom. The summed E-state index contributed by atoms with van der Waals surface area (Å²) < 4.78 is 32.5. The molecule has 0 bridgehead atoms. The van der Waals surface area contributed by atoms with Gasteiger partial charge in [0, 0.05) is 18.5 Å². The number of carbonyl (C=O) groups excluding carboxylic acids is 1. The zero-order valence-corrected chi connectivity index (χ0v) is 17.6. The summed E-state index contributed by atoms with van der Waals surface area (Å²) in [4.78, 5) is 19.5. The predicted molar refractivity (Wildman–Crippen MR) is 110 cm³/mol. The molecule has 0 saturated carbocycles. The summed E-state index contributed by atoms with van der Waals surface area (Å²) in [6.07, 6.45) is 1.28. The van der Waals surface area contributed by atoms with E-state index in [1.165, 1.54) is 42.0 Å². The SMILES string of the molecule is CCN(CC)S(=O)(=O)c1ccc(OC)c(Nc2ncnc3cc(C(=O)[O-])ccc23)c1. The number of hydrogen-bond acceptors (Lipinski definition) is 8. The number of aromatic nitrogens is 2. The highest BCUT2D eigenvalue weighted by Gasteiger charge is 2.23. The van der Waals surface area contributed by atoms with Gasteiger partial charge < -0.3 is 20.0 Å². The summed E-state index contributed by atoms with van der Waals surface area (Å²) in [6.45, 7) is 4.26. The van der Waals surface area contributed by atoms with Gasteiger partial charge in [0.2, 0.25) is 10.0 Å². The van der Waals surface area contributed by atoms with Crippen LogP contribution in [-0.2, 0) is 10.0 Å². The normalized spacial score (nSPS) is 11.6. The Morgan fingerprint density at radius 2 is 1.87 bits per heavy atom. The van der Waals surface area contributed by atoms with Gasteiger partial charge in [0.25, 0.3) is 0 Å². The predicted octanol–water partition coefficient (Wildman–Crippen LogP) is 1.78. The van der Waals surface area contributed by atoms with E-state index < -0.39 is 16.0 Å². The molecule has 0 radical (unpaired) electrons. The van der Waals surface area contributed by atoms with Crippen LogP contribution >= 0.6 is 0 Å². The van der Waals surface area contributed by atoms with E-state index in [4.69, 9.17) is 4.74 Å². The lowest BCUT2D eigenvalue weighted by molar-refractivity contribution is -0.255. The number of nitrogens with one attached hydrogen (secondary N) is 1. The van der Waals surface area contributed by atoms with Crippen molar-refractivity contribution >= 4 is 38.4 Å². The highest BCUT2D eigenvalue weighted by atomic mass is 32.2.